The molecule has 2 heteroatoms. The van der Waals surface area contributed by atoms with Gasteiger partial charge >= 0.3 is 0 Å². The van der Waals surface area contributed by atoms with Crippen LogP contribution in [0.4, 0.5) is 0 Å². The summed E-state index contributed by atoms with van der Waals surface area (Å²) in [6, 6.07) is 0. The summed E-state index contributed by atoms with van der Waals surface area (Å²) >= 11 is 0. The topological polar surface area (TPSA) is 35.2 Å². The van der Waals surface area contributed by atoms with E-state index in [9.17, 15) is 0 Å². The highest BCUT2D eigenvalue weighted by Crippen LogP contribution is 2.48. The fraction of sp³-hybridized carbons (Fsp3) is 1.00. The third-order valence-corrected chi connectivity index (χ3v) is 6.18. The van der Waals surface area contributed by atoms with Crippen molar-refractivity contribution in [1.29, 1.82) is 0 Å². The van der Waals surface area contributed by atoms with E-state index in [1.807, 2.05) is 0 Å². The van der Waals surface area contributed by atoms with Crippen LogP contribution in [0.15, 0.2) is 0 Å². The lowest BCUT2D eigenvalue weighted by Crippen LogP contribution is -2.57. The Bertz CT molecular complexity index is 297. The molecule has 3 atom stereocenters. The second-order valence-corrected chi connectivity index (χ2v) is 7.19. The molecule has 2 nitrogen and oxygen atoms in total. The fourth-order valence-corrected chi connectivity index (χ4v) is 4.86. The zero-order chi connectivity index (χ0) is 12.6. The van der Waals surface area contributed by atoms with Crippen molar-refractivity contribution in [1.82, 2.24) is 0 Å². The van der Waals surface area contributed by atoms with Crippen molar-refractivity contribution in [3.63, 3.8) is 0 Å². The lowest BCUT2D eigenvalue weighted by molar-refractivity contribution is -0.112. The van der Waals surface area contributed by atoms with Crippen LogP contribution in [0.3, 0.4) is 0 Å². The molecule has 1 aliphatic heterocycles. The maximum absolute atomic E-state index is 6.87. The highest BCUT2D eigenvalue weighted by molar-refractivity contribution is 5.03. The number of nitrogens with two attached hydrogens (primary N) is 1. The van der Waals surface area contributed by atoms with E-state index in [4.69, 9.17) is 10.5 Å². The summed E-state index contributed by atoms with van der Waals surface area (Å²) in [5.41, 5.74) is 7.21. The highest BCUT2D eigenvalue weighted by atomic mass is 16.5. The molecule has 1 saturated heterocycles. The summed E-state index contributed by atoms with van der Waals surface area (Å²) in [7, 11) is 0. The minimum atomic E-state index is 0.109. The molecule has 104 valence electrons. The van der Waals surface area contributed by atoms with Gasteiger partial charge in [-0.25, -0.2) is 0 Å². The van der Waals surface area contributed by atoms with Gasteiger partial charge in [0.15, 0.2) is 0 Å². The molecule has 0 radical (unpaired) electrons. The van der Waals surface area contributed by atoms with Crippen molar-refractivity contribution in [2.24, 2.45) is 17.6 Å². The van der Waals surface area contributed by atoms with Gasteiger partial charge in [0.25, 0.3) is 0 Å². The van der Waals surface area contributed by atoms with Gasteiger partial charge in [0.2, 0.25) is 0 Å². The van der Waals surface area contributed by atoms with Crippen molar-refractivity contribution in [2.45, 2.75) is 82.3 Å². The van der Waals surface area contributed by atoms with E-state index < -0.39 is 0 Å². The molecule has 1 heterocycles. The summed E-state index contributed by atoms with van der Waals surface area (Å²) in [6.45, 7) is 3.34. The minimum Gasteiger partial charge on any atom is -0.375 e. The van der Waals surface area contributed by atoms with Gasteiger partial charge in [0.05, 0.1) is 5.60 Å². The Hall–Kier alpha value is -0.0800. The van der Waals surface area contributed by atoms with Gasteiger partial charge in [-0.1, -0.05) is 32.6 Å². The molecule has 0 amide bonds. The molecule has 18 heavy (non-hydrogen) atoms. The van der Waals surface area contributed by atoms with Crippen LogP contribution in [-0.4, -0.2) is 17.7 Å². The monoisotopic (exact) mass is 251 g/mol. The molecule has 0 bridgehead atoms. The smallest absolute Gasteiger partial charge is 0.0685 e. The first-order valence-corrected chi connectivity index (χ1v) is 8.08. The van der Waals surface area contributed by atoms with Gasteiger partial charge in [-0.2, -0.15) is 0 Å². The molecule has 0 aromatic carbocycles. The minimum absolute atomic E-state index is 0.109. The van der Waals surface area contributed by atoms with E-state index in [1.54, 1.807) is 0 Å². The number of ether oxygens (including phenoxy) is 1. The lowest BCUT2D eigenvalue weighted by Gasteiger charge is -2.50. The van der Waals surface area contributed by atoms with Crippen molar-refractivity contribution in [3.05, 3.63) is 0 Å². The lowest BCUT2D eigenvalue weighted by atomic mass is 9.63. The van der Waals surface area contributed by atoms with Gasteiger partial charge < -0.3 is 10.5 Å². The Morgan fingerprint density at radius 3 is 2.44 bits per heavy atom. The Labute approximate surface area is 112 Å². The van der Waals surface area contributed by atoms with Crippen molar-refractivity contribution in [3.8, 4) is 0 Å². The van der Waals surface area contributed by atoms with Crippen LogP contribution in [-0.2, 0) is 4.74 Å². The number of hydrogen-bond donors (Lipinski definition) is 1. The van der Waals surface area contributed by atoms with Crippen LogP contribution in [0.1, 0.15) is 71.1 Å². The summed E-state index contributed by atoms with van der Waals surface area (Å²) in [5.74, 6) is 1.41. The van der Waals surface area contributed by atoms with Crippen LogP contribution >= 0.6 is 0 Å². The average molecular weight is 251 g/mol. The molecule has 3 fully saturated rings. The van der Waals surface area contributed by atoms with Crippen LogP contribution in [0.25, 0.3) is 0 Å². The average Bonchev–Trinajstić information content (AvgIpc) is 2.81. The number of rotatable bonds is 1. The molecule has 1 spiro atoms. The van der Waals surface area contributed by atoms with E-state index in [0.29, 0.717) is 11.8 Å². The second kappa shape index (κ2) is 4.79. The fourth-order valence-electron chi connectivity index (χ4n) is 4.86. The Kier molecular flexibility index (Phi) is 3.44. The van der Waals surface area contributed by atoms with Crippen molar-refractivity contribution in [2.75, 3.05) is 6.61 Å². The molecule has 0 aromatic rings. The van der Waals surface area contributed by atoms with Gasteiger partial charge in [-0.05, 0) is 50.4 Å². The van der Waals surface area contributed by atoms with E-state index in [1.165, 1.54) is 64.2 Å². The van der Waals surface area contributed by atoms with E-state index in [2.05, 4.69) is 6.92 Å². The third-order valence-electron chi connectivity index (χ3n) is 6.18. The summed E-state index contributed by atoms with van der Waals surface area (Å²) in [5, 5.41) is 0. The van der Waals surface area contributed by atoms with Gasteiger partial charge in [-0.15, -0.1) is 0 Å². The first-order chi connectivity index (χ1) is 8.65. The van der Waals surface area contributed by atoms with Crippen LogP contribution in [0.5, 0.6) is 0 Å². The summed E-state index contributed by atoms with van der Waals surface area (Å²) in [6.07, 6.45) is 13.0. The first-order valence-electron chi connectivity index (χ1n) is 8.08. The molecular formula is C16H29NO. The standard InChI is InChI=1S/C16H29NO/c1-13-6-2-3-10-16(13,17)14-7-11-18-15(12-14)8-4-5-9-15/h13-14H,2-12,17H2,1H3. The molecule has 3 rings (SSSR count). The number of hydrogen-bond acceptors (Lipinski definition) is 2. The van der Waals surface area contributed by atoms with Crippen LogP contribution in [0, 0.1) is 11.8 Å². The SMILES string of the molecule is CC1CCCCC1(N)C1CCOC2(CCCC2)C1. The Balaban J connectivity index is 1.74. The van der Waals surface area contributed by atoms with Gasteiger partial charge in [0.1, 0.15) is 0 Å². The normalized spacial score (nSPS) is 44.3. The molecule has 3 aliphatic rings. The maximum atomic E-state index is 6.87. The van der Waals surface area contributed by atoms with Crippen LogP contribution in [0.2, 0.25) is 0 Å². The predicted octanol–water partition coefficient (Wildman–Crippen LogP) is 3.63. The predicted molar refractivity (Wildman–Crippen MR) is 74.4 cm³/mol. The van der Waals surface area contributed by atoms with Crippen molar-refractivity contribution < 1.29 is 4.74 Å². The van der Waals surface area contributed by atoms with Crippen LogP contribution < -0.4 is 5.73 Å². The zero-order valence-corrected chi connectivity index (χ0v) is 11.9. The summed E-state index contributed by atoms with van der Waals surface area (Å²) < 4.78 is 6.17. The molecule has 2 saturated carbocycles. The van der Waals surface area contributed by atoms with E-state index >= 15 is 0 Å². The molecule has 3 unspecified atom stereocenters. The Morgan fingerprint density at radius 1 is 1.00 bits per heavy atom. The first kappa shape index (κ1) is 12.9. The quantitative estimate of drug-likeness (QED) is 0.772. The van der Waals surface area contributed by atoms with Gasteiger partial charge in [0, 0.05) is 12.1 Å². The zero-order valence-electron chi connectivity index (χ0n) is 11.9. The largest absolute Gasteiger partial charge is 0.375 e. The maximum Gasteiger partial charge on any atom is 0.0685 e. The molecular weight excluding hydrogens is 222 g/mol. The van der Waals surface area contributed by atoms with Crippen molar-refractivity contribution >= 4 is 0 Å². The second-order valence-electron chi connectivity index (χ2n) is 7.19. The molecule has 2 N–H and O–H groups in total. The third kappa shape index (κ3) is 2.12. The highest BCUT2D eigenvalue weighted by Gasteiger charge is 2.48. The molecule has 2 aliphatic carbocycles. The summed E-state index contributed by atoms with van der Waals surface area (Å²) in [4.78, 5) is 0. The molecule has 0 aromatic heterocycles. The van der Waals surface area contributed by atoms with Gasteiger partial charge in [-0.3, -0.25) is 0 Å². The van der Waals surface area contributed by atoms with E-state index in [0.717, 1.165) is 6.61 Å². The van der Waals surface area contributed by atoms with E-state index in [-0.39, 0.29) is 11.1 Å². The Morgan fingerprint density at radius 2 is 1.72 bits per heavy atom.